The molecular weight excluding hydrogens is 410 g/mol. The van der Waals surface area contributed by atoms with Crippen molar-refractivity contribution in [2.45, 2.75) is 32.4 Å². The fourth-order valence-corrected chi connectivity index (χ4v) is 3.58. The first-order chi connectivity index (χ1) is 14.8. The number of halogens is 2. The number of carbonyl (C=O) groups excluding carboxylic acids is 2. The summed E-state index contributed by atoms with van der Waals surface area (Å²) < 4.78 is 37.7. The maximum atomic E-state index is 14.1. The summed E-state index contributed by atoms with van der Waals surface area (Å²) >= 11 is 0. The molecule has 1 aliphatic rings. The van der Waals surface area contributed by atoms with Gasteiger partial charge in [0, 0.05) is 18.7 Å². The van der Waals surface area contributed by atoms with Crippen molar-refractivity contribution in [2.75, 3.05) is 6.54 Å². The third-order valence-electron chi connectivity index (χ3n) is 5.05. The lowest BCUT2D eigenvalue weighted by Gasteiger charge is -2.38. The molecule has 0 unspecified atom stereocenters. The molecule has 3 aromatic rings. The van der Waals surface area contributed by atoms with E-state index >= 15 is 0 Å². The van der Waals surface area contributed by atoms with Gasteiger partial charge in [0.05, 0.1) is 11.8 Å². The molecule has 2 aromatic heterocycles. The second-order valence-corrected chi connectivity index (χ2v) is 7.77. The van der Waals surface area contributed by atoms with Gasteiger partial charge in [-0.2, -0.15) is 0 Å². The molecule has 1 fully saturated rings. The molecule has 0 aliphatic carbocycles. The minimum Gasteiger partial charge on any atom is -0.446 e. The molecule has 3 heterocycles. The molecule has 0 saturated carbocycles. The standard InChI is InChI=1S/C21H20F2N4O4/c1-11(2)5-17-20(28)25-16(19-8-24-10-30-19)9-27(17)21(29)15-7-18(31-26-15)13-4-3-12(22)6-14(13)23/h3-4,6-8,10-11,16-17H,5,9H2,1-2H3,(H,25,28)/t16-,17+/m1/s1. The van der Waals surface area contributed by atoms with Gasteiger partial charge in [-0.15, -0.1) is 0 Å². The first kappa shape index (κ1) is 20.7. The van der Waals surface area contributed by atoms with Crippen molar-refractivity contribution in [3.8, 4) is 11.3 Å². The Morgan fingerprint density at radius 1 is 1.32 bits per heavy atom. The third-order valence-corrected chi connectivity index (χ3v) is 5.05. The van der Waals surface area contributed by atoms with Crippen LogP contribution in [-0.4, -0.2) is 39.4 Å². The van der Waals surface area contributed by atoms with Gasteiger partial charge in [-0.05, 0) is 24.5 Å². The Bertz CT molecular complexity index is 1100. The molecule has 1 aliphatic heterocycles. The van der Waals surface area contributed by atoms with Crippen molar-refractivity contribution in [2.24, 2.45) is 5.92 Å². The number of nitrogens with one attached hydrogen (secondary N) is 1. The monoisotopic (exact) mass is 430 g/mol. The zero-order chi connectivity index (χ0) is 22.1. The Hall–Kier alpha value is -3.56. The lowest BCUT2D eigenvalue weighted by atomic mass is 9.97. The van der Waals surface area contributed by atoms with Crippen LogP contribution in [0.25, 0.3) is 11.3 Å². The molecule has 0 bridgehead atoms. The van der Waals surface area contributed by atoms with E-state index in [-0.39, 0.29) is 35.4 Å². The Labute approximate surface area is 176 Å². The van der Waals surface area contributed by atoms with Crippen LogP contribution >= 0.6 is 0 Å². The molecule has 4 rings (SSSR count). The number of hydrogen-bond acceptors (Lipinski definition) is 6. The number of piperazine rings is 1. The summed E-state index contributed by atoms with van der Waals surface area (Å²) in [5.41, 5.74) is -0.110. The topological polar surface area (TPSA) is 101 Å². The van der Waals surface area contributed by atoms with Gasteiger partial charge < -0.3 is 19.2 Å². The number of oxazole rings is 1. The predicted octanol–water partition coefficient (Wildman–Crippen LogP) is 3.34. The van der Waals surface area contributed by atoms with Crippen molar-refractivity contribution < 1.29 is 27.3 Å². The van der Waals surface area contributed by atoms with Crippen molar-refractivity contribution in [3.05, 3.63) is 59.9 Å². The molecule has 0 radical (unpaired) electrons. The van der Waals surface area contributed by atoms with Crippen LogP contribution < -0.4 is 5.32 Å². The van der Waals surface area contributed by atoms with Crippen LogP contribution in [0.4, 0.5) is 8.78 Å². The summed E-state index contributed by atoms with van der Waals surface area (Å²) in [5, 5.41) is 6.62. The summed E-state index contributed by atoms with van der Waals surface area (Å²) in [7, 11) is 0. The Balaban J connectivity index is 1.63. The smallest absolute Gasteiger partial charge is 0.276 e. The molecule has 8 nitrogen and oxygen atoms in total. The van der Waals surface area contributed by atoms with Crippen LogP contribution in [0.2, 0.25) is 0 Å². The Morgan fingerprint density at radius 3 is 2.81 bits per heavy atom. The largest absolute Gasteiger partial charge is 0.446 e. The van der Waals surface area contributed by atoms with Crippen LogP contribution in [0.3, 0.4) is 0 Å². The maximum absolute atomic E-state index is 14.1. The van der Waals surface area contributed by atoms with Crippen LogP contribution in [0.15, 0.2) is 45.8 Å². The van der Waals surface area contributed by atoms with E-state index in [1.54, 1.807) is 0 Å². The highest BCUT2D eigenvalue weighted by Crippen LogP contribution is 2.28. The van der Waals surface area contributed by atoms with Crippen LogP contribution in [-0.2, 0) is 4.79 Å². The summed E-state index contributed by atoms with van der Waals surface area (Å²) in [5.74, 6) is -1.88. The van der Waals surface area contributed by atoms with Crippen LogP contribution in [0.1, 0.15) is 42.6 Å². The van der Waals surface area contributed by atoms with Crippen molar-refractivity contribution in [3.63, 3.8) is 0 Å². The highest BCUT2D eigenvalue weighted by molar-refractivity contribution is 5.97. The van der Waals surface area contributed by atoms with Gasteiger partial charge in [0.1, 0.15) is 29.5 Å². The van der Waals surface area contributed by atoms with E-state index in [1.807, 2.05) is 13.8 Å². The number of carbonyl (C=O) groups is 2. The average Bonchev–Trinajstić information content (AvgIpc) is 3.40. The second kappa shape index (κ2) is 8.29. The SMILES string of the molecule is CC(C)C[C@H]1C(=O)N[C@@H](c2cnco2)CN1C(=O)c1cc(-c2ccc(F)cc2F)on1. The van der Waals surface area contributed by atoms with Gasteiger partial charge in [-0.3, -0.25) is 9.59 Å². The summed E-state index contributed by atoms with van der Waals surface area (Å²) in [4.78, 5) is 31.3. The van der Waals surface area contributed by atoms with Crippen molar-refractivity contribution in [1.82, 2.24) is 20.4 Å². The minimum atomic E-state index is -0.837. The number of benzene rings is 1. The van der Waals surface area contributed by atoms with Crippen molar-refractivity contribution in [1.29, 1.82) is 0 Å². The van der Waals surface area contributed by atoms with Gasteiger partial charge in [0.25, 0.3) is 5.91 Å². The average molecular weight is 430 g/mol. The van der Waals surface area contributed by atoms with E-state index in [0.717, 1.165) is 12.1 Å². The van der Waals surface area contributed by atoms with E-state index < -0.39 is 29.6 Å². The highest BCUT2D eigenvalue weighted by Gasteiger charge is 2.40. The van der Waals surface area contributed by atoms with Gasteiger partial charge in [0.15, 0.2) is 17.8 Å². The molecule has 31 heavy (non-hydrogen) atoms. The fraction of sp³-hybridized carbons (Fsp3) is 0.333. The normalized spacial score (nSPS) is 19.0. The molecular formula is C21H20F2N4O4. The van der Waals surface area contributed by atoms with Gasteiger partial charge in [-0.1, -0.05) is 19.0 Å². The van der Waals surface area contributed by atoms with Crippen LogP contribution in [0, 0.1) is 17.6 Å². The van der Waals surface area contributed by atoms with E-state index in [0.29, 0.717) is 12.2 Å². The fourth-order valence-electron chi connectivity index (χ4n) is 3.58. The molecule has 162 valence electrons. The van der Waals surface area contributed by atoms with Gasteiger partial charge in [-0.25, -0.2) is 13.8 Å². The van der Waals surface area contributed by atoms with Gasteiger partial charge in [0.2, 0.25) is 5.91 Å². The molecule has 1 saturated heterocycles. The number of nitrogens with zero attached hydrogens (tertiary/aromatic N) is 3. The molecule has 2 atom stereocenters. The first-order valence-electron chi connectivity index (χ1n) is 9.75. The minimum absolute atomic E-state index is 0.0190. The summed E-state index contributed by atoms with van der Waals surface area (Å²) in [6.07, 6.45) is 3.16. The third kappa shape index (κ3) is 4.18. The lowest BCUT2D eigenvalue weighted by Crippen LogP contribution is -2.58. The summed E-state index contributed by atoms with van der Waals surface area (Å²) in [6.45, 7) is 4.04. The highest BCUT2D eigenvalue weighted by atomic mass is 19.1. The predicted molar refractivity (Wildman–Crippen MR) is 104 cm³/mol. The molecule has 10 heteroatoms. The maximum Gasteiger partial charge on any atom is 0.276 e. The van der Waals surface area contributed by atoms with E-state index in [9.17, 15) is 18.4 Å². The number of aromatic nitrogens is 2. The molecule has 1 N–H and O–H groups in total. The zero-order valence-electron chi connectivity index (χ0n) is 16.8. The summed E-state index contributed by atoms with van der Waals surface area (Å²) in [6, 6.07) is 3.00. The van der Waals surface area contributed by atoms with E-state index in [4.69, 9.17) is 8.94 Å². The van der Waals surface area contributed by atoms with Crippen molar-refractivity contribution >= 4 is 11.8 Å². The van der Waals surface area contributed by atoms with E-state index in [1.165, 1.54) is 29.6 Å². The number of rotatable bonds is 5. The quantitative estimate of drug-likeness (QED) is 0.666. The number of amides is 2. The van der Waals surface area contributed by atoms with Crippen LogP contribution in [0.5, 0.6) is 0 Å². The molecule has 1 aromatic carbocycles. The zero-order valence-corrected chi connectivity index (χ0v) is 16.8. The second-order valence-electron chi connectivity index (χ2n) is 7.77. The lowest BCUT2D eigenvalue weighted by molar-refractivity contribution is -0.130. The molecule has 0 spiro atoms. The molecule has 2 amide bonds. The van der Waals surface area contributed by atoms with Gasteiger partial charge >= 0.3 is 0 Å². The Kier molecular flexibility index (Phi) is 5.53. The first-order valence-corrected chi connectivity index (χ1v) is 9.75. The number of hydrogen-bond donors (Lipinski definition) is 1. The Morgan fingerprint density at radius 2 is 2.13 bits per heavy atom. The van der Waals surface area contributed by atoms with E-state index in [2.05, 4.69) is 15.5 Å².